The van der Waals surface area contributed by atoms with Gasteiger partial charge in [-0.15, -0.1) is 0 Å². The highest BCUT2D eigenvalue weighted by Crippen LogP contribution is 2.23. The van der Waals surface area contributed by atoms with Crippen LogP contribution in [-0.2, 0) is 4.84 Å². The zero-order chi connectivity index (χ0) is 16.6. The molecule has 0 bridgehead atoms. The second-order valence-corrected chi connectivity index (χ2v) is 5.16. The Bertz CT molecular complexity index is 781. The number of hydrogen-bond donors (Lipinski definition) is 0. The largest absolute Gasteiger partial charge is 0.376 e. The van der Waals surface area contributed by atoms with Crippen molar-refractivity contribution in [2.24, 2.45) is 0 Å². The molecule has 7 nitrogen and oxygen atoms in total. The molecule has 2 amide bonds. The van der Waals surface area contributed by atoms with Gasteiger partial charge in [-0.25, -0.2) is 4.79 Å². The molecule has 1 aromatic carbocycles. The number of hydroxylamine groups is 2. The van der Waals surface area contributed by atoms with Crippen LogP contribution in [0.25, 0.3) is 0 Å². The van der Waals surface area contributed by atoms with Crippen molar-refractivity contribution in [3.05, 3.63) is 59.4 Å². The number of imide groups is 1. The summed E-state index contributed by atoms with van der Waals surface area (Å²) in [5.41, 5.74) is 1.27. The van der Waals surface area contributed by atoms with E-state index in [1.165, 1.54) is 18.3 Å². The molecule has 2 heterocycles. The molecule has 0 aliphatic carbocycles. The summed E-state index contributed by atoms with van der Waals surface area (Å²) in [5, 5.41) is 0.481. The molecule has 116 valence electrons. The smallest absolute Gasteiger partial charge is 0.365 e. The van der Waals surface area contributed by atoms with Crippen LogP contribution in [0.15, 0.2) is 42.7 Å². The van der Waals surface area contributed by atoms with Crippen LogP contribution in [0, 0.1) is 0 Å². The van der Waals surface area contributed by atoms with Gasteiger partial charge in [0, 0.05) is 20.3 Å². The van der Waals surface area contributed by atoms with E-state index in [0.717, 1.165) is 0 Å². The molecule has 7 heteroatoms. The number of aromatic nitrogens is 1. The molecule has 0 spiro atoms. The van der Waals surface area contributed by atoms with Crippen molar-refractivity contribution >= 4 is 23.5 Å². The predicted molar refractivity (Wildman–Crippen MR) is 80.9 cm³/mol. The van der Waals surface area contributed by atoms with Gasteiger partial charge >= 0.3 is 5.97 Å². The minimum atomic E-state index is -0.823. The average molecular weight is 311 g/mol. The number of anilines is 1. The highest BCUT2D eigenvalue weighted by molar-refractivity contribution is 6.21. The number of rotatable bonds is 3. The summed E-state index contributed by atoms with van der Waals surface area (Å²) in [4.78, 5) is 47.2. The molecule has 1 aliphatic rings. The number of hydrogen-bond acceptors (Lipinski definition) is 6. The Morgan fingerprint density at radius 1 is 1.09 bits per heavy atom. The topological polar surface area (TPSA) is 79.8 Å². The standard InChI is InChI=1S/C16H13N3O4/c1-18(2)11-7-10(8-17-9-11)16(22)23-19-14(20)12-5-3-4-6-13(12)15(19)21/h3-9H,1-2H3. The molecule has 1 aromatic heterocycles. The van der Waals surface area contributed by atoms with Crippen LogP contribution in [0.5, 0.6) is 0 Å². The van der Waals surface area contributed by atoms with Crippen molar-refractivity contribution in [2.75, 3.05) is 19.0 Å². The van der Waals surface area contributed by atoms with E-state index in [2.05, 4.69) is 4.98 Å². The summed E-state index contributed by atoms with van der Waals surface area (Å²) in [6.45, 7) is 0. The normalized spacial score (nSPS) is 13.0. The molecule has 23 heavy (non-hydrogen) atoms. The van der Waals surface area contributed by atoms with E-state index in [9.17, 15) is 14.4 Å². The highest BCUT2D eigenvalue weighted by Gasteiger charge is 2.38. The van der Waals surface area contributed by atoms with Gasteiger partial charge in [0.05, 0.1) is 28.6 Å². The van der Waals surface area contributed by atoms with Crippen molar-refractivity contribution in [3.8, 4) is 0 Å². The molecule has 0 radical (unpaired) electrons. The van der Waals surface area contributed by atoms with Gasteiger partial charge in [-0.1, -0.05) is 17.2 Å². The van der Waals surface area contributed by atoms with E-state index in [1.54, 1.807) is 43.4 Å². The summed E-state index contributed by atoms with van der Waals surface area (Å²) >= 11 is 0. The number of benzene rings is 1. The van der Waals surface area contributed by atoms with Gasteiger partial charge in [0.1, 0.15) is 0 Å². The molecule has 0 atom stereocenters. The van der Waals surface area contributed by atoms with Crippen molar-refractivity contribution in [2.45, 2.75) is 0 Å². The summed E-state index contributed by atoms with van der Waals surface area (Å²) in [6, 6.07) is 7.86. The summed E-state index contributed by atoms with van der Waals surface area (Å²) in [6.07, 6.45) is 2.90. The van der Waals surface area contributed by atoms with Gasteiger partial charge in [0.25, 0.3) is 11.8 Å². The second kappa shape index (κ2) is 5.53. The summed E-state index contributed by atoms with van der Waals surface area (Å²) < 4.78 is 0. The lowest BCUT2D eigenvalue weighted by Crippen LogP contribution is -2.32. The fourth-order valence-corrected chi connectivity index (χ4v) is 2.17. The Hall–Kier alpha value is -3.22. The number of carbonyl (C=O) groups is 3. The van der Waals surface area contributed by atoms with Crippen molar-refractivity contribution in [1.82, 2.24) is 10.0 Å². The van der Waals surface area contributed by atoms with Gasteiger partial charge in [-0.3, -0.25) is 14.6 Å². The van der Waals surface area contributed by atoms with Crippen LogP contribution in [0.2, 0.25) is 0 Å². The molecule has 2 aromatic rings. The van der Waals surface area contributed by atoms with Crippen LogP contribution < -0.4 is 4.90 Å². The van der Waals surface area contributed by atoms with Gasteiger partial charge in [0.15, 0.2) is 0 Å². The Balaban J connectivity index is 1.83. The van der Waals surface area contributed by atoms with Gasteiger partial charge in [-0.05, 0) is 18.2 Å². The molecule has 1 aliphatic heterocycles. The van der Waals surface area contributed by atoms with Crippen molar-refractivity contribution in [3.63, 3.8) is 0 Å². The molecule has 0 unspecified atom stereocenters. The maximum atomic E-state index is 12.2. The molecular weight excluding hydrogens is 298 g/mol. The SMILES string of the molecule is CN(C)c1cncc(C(=O)ON2C(=O)c3ccccc3C2=O)c1. The van der Waals surface area contributed by atoms with E-state index in [0.29, 0.717) is 10.8 Å². The van der Waals surface area contributed by atoms with E-state index in [4.69, 9.17) is 4.84 Å². The zero-order valence-electron chi connectivity index (χ0n) is 12.5. The highest BCUT2D eigenvalue weighted by atomic mass is 16.7. The summed E-state index contributed by atoms with van der Waals surface area (Å²) in [5.74, 6) is -2.14. The number of carbonyl (C=O) groups excluding carboxylic acids is 3. The number of amides is 2. The third-order valence-electron chi connectivity index (χ3n) is 3.41. The van der Waals surface area contributed by atoms with Crippen LogP contribution in [-0.4, -0.2) is 41.9 Å². The Kier molecular flexibility index (Phi) is 3.53. The van der Waals surface area contributed by atoms with E-state index < -0.39 is 17.8 Å². The monoisotopic (exact) mass is 311 g/mol. The number of pyridine rings is 1. The zero-order valence-corrected chi connectivity index (χ0v) is 12.5. The number of fused-ring (bicyclic) bond motifs is 1. The molecule has 0 N–H and O–H groups in total. The van der Waals surface area contributed by atoms with E-state index in [-0.39, 0.29) is 16.7 Å². The quantitative estimate of drug-likeness (QED) is 0.800. The third kappa shape index (κ3) is 2.52. The fourth-order valence-electron chi connectivity index (χ4n) is 2.17. The molecular formula is C16H13N3O4. The lowest BCUT2D eigenvalue weighted by molar-refractivity contribution is -0.0584. The molecule has 3 rings (SSSR count). The lowest BCUT2D eigenvalue weighted by Gasteiger charge is -2.14. The minimum absolute atomic E-state index is 0.146. The first-order valence-electron chi connectivity index (χ1n) is 6.81. The Morgan fingerprint density at radius 3 is 2.26 bits per heavy atom. The van der Waals surface area contributed by atoms with Crippen LogP contribution in [0.1, 0.15) is 31.1 Å². The minimum Gasteiger partial charge on any atom is -0.376 e. The van der Waals surface area contributed by atoms with Gasteiger partial charge < -0.3 is 9.74 Å². The lowest BCUT2D eigenvalue weighted by atomic mass is 10.1. The maximum Gasteiger partial charge on any atom is 0.365 e. The van der Waals surface area contributed by atoms with Crippen molar-refractivity contribution in [1.29, 1.82) is 0 Å². The maximum absolute atomic E-state index is 12.2. The molecule has 0 saturated carbocycles. The van der Waals surface area contributed by atoms with E-state index in [1.807, 2.05) is 0 Å². The van der Waals surface area contributed by atoms with Crippen molar-refractivity contribution < 1.29 is 19.2 Å². The fraction of sp³-hybridized carbons (Fsp3) is 0.125. The Labute approximate surface area is 132 Å². The predicted octanol–water partition coefficient (Wildman–Crippen LogP) is 1.52. The van der Waals surface area contributed by atoms with Crippen LogP contribution in [0.3, 0.4) is 0 Å². The van der Waals surface area contributed by atoms with Gasteiger partial charge in [-0.2, -0.15) is 0 Å². The first kappa shape index (κ1) is 14.7. The second-order valence-electron chi connectivity index (χ2n) is 5.16. The first-order valence-corrected chi connectivity index (χ1v) is 6.81. The molecule has 0 saturated heterocycles. The number of nitrogens with zero attached hydrogens (tertiary/aromatic N) is 3. The molecule has 0 fully saturated rings. The first-order chi connectivity index (χ1) is 11.0. The third-order valence-corrected chi connectivity index (χ3v) is 3.41. The van der Waals surface area contributed by atoms with Gasteiger partial charge in [0.2, 0.25) is 0 Å². The van der Waals surface area contributed by atoms with E-state index >= 15 is 0 Å². The summed E-state index contributed by atoms with van der Waals surface area (Å²) in [7, 11) is 3.60. The van der Waals surface area contributed by atoms with Crippen LogP contribution in [0.4, 0.5) is 5.69 Å². The average Bonchev–Trinajstić information content (AvgIpc) is 2.80. The Morgan fingerprint density at radius 2 is 1.70 bits per heavy atom. The van der Waals surface area contributed by atoms with Crippen LogP contribution >= 0.6 is 0 Å².